The monoisotopic (exact) mass is 317 g/mol. The Hall–Kier alpha value is -2.98. The molecule has 0 unspecified atom stereocenters. The molecule has 2 N–H and O–H groups in total. The van der Waals surface area contributed by atoms with Crippen LogP contribution in [0.5, 0.6) is 0 Å². The average molecular weight is 317 g/mol. The second kappa shape index (κ2) is 8.04. The first-order valence-electron chi connectivity index (χ1n) is 7.86. The van der Waals surface area contributed by atoms with E-state index >= 15 is 0 Å². The molecule has 3 aromatic rings. The van der Waals surface area contributed by atoms with Gasteiger partial charge in [-0.3, -0.25) is 9.78 Å². The fourth-order valence-electron chi connectivity index (χ4n) is 2.41. The highest BCUT2D eigenvalue weighted by Gasteiger charge is 2.03. The summed E-state index contributed by atoms with van der Waals surface area (Å²) in [6, 6.07) is 21.7. The third-order valence-corrected chi connectivity index (χ3v) is 3.64. The number of carbonyl (C=O) groups excluding carboxylic acids is 1. The van der Waals surface area contributed by atoms with Crippen molar-refractivity contribution in [3.8, 4) is 11.1 Å². The highest BCUT2D eigenvalue weighted by molar-refractivity contribution is 5.92. The van der Waals surface area contributed by atoms with E-state index in [1.54, 1.807) is 12.4 Å². The maximum absolute atomic E-state index is 12.0. The smallest absolute Gasteiger partial charge is 0.238 e. The van der Waals surface area contributed by atoms with Crippen LogP contribution in [0.4, 0.5) is 5.69 Å². The van der Waals surface area contributed by atoms with E-state index in [4.69, 9.17) is 0 Å². The van der Waals surface area contributed by atoms with Crippen molar-refractivity contribution in [3.63, 3.8) is 0 Å². The normalized spacial score (nSPS) is 10.3. The Bertz CT molecular complexity index is 771. The predicted octanol–water partition coefficient (Wildman–Crippen LogP) is 3.48. The molecule has 3 rings (SSSR count). The second-order valence-corrected chi connectivity index (χ2v) is 5.45. The summed E-state index contributed by atoms with van der Waals surface area (Å²) in [7, 11) is 0. The number of anilines is 1. The third kappa shape index (κ3) is 4.51. The number of nitrogens with one attached hydrogen (secondary N) is 2. The molecule has 0 saturated carbocycles. The molecule has 0 atom stereocenters. The number of carbonyl (C=O) groups is 1. The molecule has 1 aromatic heterocycles. The van der Waals surface area contributed by atoms with Gasteiger partial charge in [0.15, 0.2) is 0 Å². The number of amides is 1. The van der Waals surface area contributed by atoms with Gasteiger partial charge in [-0.15, -0.1) is 0 Å². The number of benzene rings is 2. The predicted molar refractivity (Wildman–Crippen MR) is 96.5 cm³/mol. The Labute approximate surface area is 141 Å². The molecule has 0 spiro atoms. The van der Waals surface area contributed by atoms with E-state index in [0.29, 0.717) is 6.54 Å². The Morgan fingerprint density at radius 3 is 2.21 bits per heavy atom. The van der Waals surface area contributed by atoms with Crippen LogP contribution in [0.15, 0.2) is 79.1 Å². The van der Waals surface area contributed by atoms with Crippen LogP contribution in [0.2, 0.25) is 0 Å². The largest absolute Gasteiger partial charge is 0.325 e. The lowest BCUT2D eigenvalue weighted by atomic mass is 10.1. The van der Waals surface area contributed by atoms with E-state index in [2.05, 4.69) is 15.6 Å². The van der Waals surface area contributed by atoms with Gasteiger partial charge in [0.2, 0.25) is 5.91 Å². The van der Waals surface area contributed by atoms with Crippen molar-refractivity contribution >= 4 is 11.6 Å². The molecular formula is C20H19N3O. The number of rotatable bonds is 6. The Balaban J connectivity index is 1.49. The van der Waals surface area contributed by atoms with E-state index in [1.807, 2.05) is 66.7 Å². The molecule has 120 valence electrons. The van der Waals surface area contributed by atoms with Crippen LogP contribution in [0.1, 0.15) is 5.56 Å². The van der Waals surface area contributed by atoms with Crippen LogP contribution in [0.3, 0.4) is 0 Å². The molecule has 4 nitrogen and oxygen atoms in total. The fraction of sp³-hybridized carbons (Fsp3) is 0.100. The van der Waals surface area contributed by atoms with Gasteiger partial charge < -0.3 is 10.6 Å². The van der Waals surface area contributed by atoms with E-state index in [-0.39, 0.29) is 12.5 Å². The summed E-state index contributed by atoms with van der Waals surface area (Å²) in [5.41, 5.74) is 4.15. The van der Waals surface area contributed by atoms with Gasteiger partial charge in [-0.1, -0.05) is 42.5 Å². The zero-order chi connectivity index (χ0) is 16.6. The number of hydrogen-bond acceptors (Lipinski definition) is 3. The van der Waals surface area contributed by atoms with Gasteiger partial charge in [0.1, 0.15) is 0 Å². The van der Waals surface area contributed by atoms with Crippen molar-refractivity contribution < 1.29 is 4.79 Å². The zero-order valence-electron chi connectivity index (χ0n) is 13.3. The van der Waals surface area contributed by atoms with Crippen molar-refractivity contribution in [2.24, 2.45) is 0 Å². The number of pyridine rings is 1. The topological polar surface area (TPSA) is 54.0 Å². The van der Waals surface area contributed by atoms with Crippen LogP contribution in [-0.2, 0) is 11.3 Å². The van der Waals surface area contributed by atoms with Crippen molar-refractivity contribution in [2.45, 2.75) is 6.54 Å². The van der Waals surface area contributed by atoms with E-state index in [0.717, 1.165) is 22.4 Å². The van der Waals surface area contributed by atoms with Gasteiger partial charge >= 0.3 is 0 Å². The van der Waals surface area contributed by atoms with E-state index < -0.39 is 0 Å². The summed E-state index contributed by atoms with van der Waals surface area (Å²) in [4.78, 5) is 16.0. The van der Waals surface area contributed by atoms with Crippen molar-refractivity contribution in [1.82, 2.24) is 10.3 Å². The lowest BCUT2D eigenvalue weighted by Gasteiger charge is -2.08. The maximum atomic E-state index is 12.0. The first-order valence-corrected chi connectivity index (χ1v) is 7.86. The van der Waals surface area contributed by atoms with Gasteiger partial charge in [-0.2, -0.15) is 0 Å². The first kappa shape index (κ1) is 15.9. The SMILES string of the molecule is O=C(CNCc1ccccc1)Nc1ccc(-c2ccncc2)cc1. The fourth-order valence-corrected chi connectivity index (χ4v) is 2.41. The van der Waals surface area contributed by atoms with E-state index in [9.17, 15) is 4.79 Å². The molecule has 1 heterocycles. The highest BCUT2D eigenvalue weighted by atomic mass is 16.1. The molecular weight excluding hydrogens is 298 g/mol. The Kier molecular flexibility index (Phi) is 5.32. The van der Waals surface area contributed by atoms with Gasteiger partial charge in [-0.05, 0) is 41.0 Å². The Morgan fingerprint density at radius 2 is 1.50 bits per heavy atom. The summed E-state index contributed by atoms with van der Waals surface area (Å²) in [5.74, 6) is -0.0532. The molecule has 0 aliphatic heterocycles. The van der Waals surface area contributed by atoms with Gasteiger partial charge in [0.25, 0.3) is 0 Å². The molecule has 0 aliphatic carbocycles. The maximum Gasteiger partial charge on any atom is 0.238 e. The molecule has 0 radical (unpaired) electrons. The number of nitrogens with zero attached hydrogens (tertiary/aromatic N) is 1. The first-order chi connectivity index (χ1) is 11.8. The molecule has 0 saturated heterocycles. The summed E-state index contributed by atoms with van der Waals surface area (Å²) in [6.45, 7) is 0.955. The average Bonchev–Trinajstić information content (AvgIpc) is 2.64. The van der Waals surface area contributed by atoms with Gasteiger partial charge in [-0.25, -0.2) is 0 Å². The molecule has 2 aromatic carbocycles. The molecule has 1 amide bonds. The molecule has 24 heavy (non-hydrogen) atoms. The minimum atomic E-state index is -0.0532. The summed E-state index contributed by atoms with van der Waals surface area (Å²) in [6.07, 6.45) is 3.53. The van der Waals surface area contributed by atoms with Crippen LogP contribution in [-0.4, -0.2) is 17.4 Å². The van der Waals surface area contributed by atoms with Gasteiger partial charge in [0, 0.05) is 24.6 Å². The Morgan fingerprint density at radius 1 is 0.833 bits per heavy atom. The number of aromatic nitrogens is 1. The quantitative estimate of drug-likeness (QED) is 0.732. The molecule has 0 fully saturated rings. The molecule has 4 heteroatoms. The summed E-state index contributed by atoms with van der Waals surface area (Å²) in [5, 5.41) is 6.03. The molecule has 0 bridgehead atoms. The van der Waals surface area contributed by atoms with Crippen molar-refractivity contribution in [1.29, 1.82) is 0 Å². The van der Waals surface area contributed by atoms with Crippen molar-refractivity contribution in [3.05, 3.63) is 84.7 Å². The van der Waals surface area contributed by atoms with E-state index in [1.165, 1.54) is 0 Å². The minimum Gasteiger partial charge on any atom is -0.325 e. The third-order valence-electron chi connectivity index (χ3n) is 3.64. The van der Waals surface area contributed by atoms with Crippen LogP contribution < -0.4 is 10.6 Å². The van der Waals surface area contributed by atoms with Crippen molar-refractivity contribution in [2.75, 3.05) is 11.9 Å². The summed E-state index contributed by atoms with van der Waals surface area (Å²) < 4.78 is 0. The summed E-state index contributed by atoms with van der Waals surface area (Å²) >= 11 is 0. The lowest BCUT2D eigenvalue weighted by Crippen LogP contribution is -2.27. The standard InChI is InChI=1S/C20H19N3O/c24-20(15-22-14-16-4-2-1-3-5-16)23-19-8-6-17(7-9-19)18-10-12-21-13-11-18/h1-13,22H,14-15H2,(H,23,24). The molecule has 0 aliphatic rings. The lowest BCUT2D eigenvalue weighted by molar-refractivity contribution is -0.115. The number of hydrogen-bond donors (Lipinski definition) is 2. The zero-order valence-corrected chi connectivity index (χ0v) is 13.3. The second-order valence-electron chi connectivity index (χ2n) is 5.45. The highest BCUT2D eigenvalue weighted by Crippen LogP contribution is 2.20. The van der Waals surface area contributed by atoms with Crippen LogP contribution in [0.25, 0.3) is 11.1 Å². The van der Waals surface area contributed by atoms with Crippen LogP contribution in [0, 0.1) is 0 Å². The van der Waals surface area contributed by atoms with Gasteiger partial charge in [0.05, 0.1) is 6.54 Å². The van der Waals surface area contributed by atoms with Crippen LogP contribution >= 0.6 is 0 Å². The minimum absolute atomic E-state index is 0.0532.